The lowest BCUT2D eigenvalue weighted by Gasteiger charge is -2.05. The van der Waals surface area contributed by atoms with Crippen LogP contribution in [0.5, 0.6) is 5.75 Å². The molecule has 0 aliphatic carbocycles. The summed E-state index contributed by atoms with van der Waals surface area (Å²) in [5.74, 6) is 0.725. The number of ether oxygens (including phenoxy) is 1. The van der Waals surface area contributed by atoms with Crippen molar-refractivity contribution in [3.05, 3.63) is 40.8 Å². The molecule has 0 atom stereocenters. The summed E-state index contributed by atoms with van der Waals surface area (Å²) in [7, 11) is 0. The first kappa shape index (κ1) is 11.2. The zero-order valence-corrected chi connectivity index (χ0v) is 10.2. The highest BCUT2D eigenvalue weighted by Crippen LogP contribution is 2.19. The predicted molar refractivity (Wildman–Crippen MR) is 66.4 cm³/mol. The molecule has 3 nitrogen and oxygen atoms in total. The lowest BCUT2D eigenvalue weighted by molar-refractivity contribution is 0.319. The molecule has 0 saturated carbocycles. The number of alkyl halides is 1. The SMILES string of the molecule is O=c1ccc2ccc(OCCCBr)cc2o1. The van der Waals surface area contributed by atoms with Crippen LogP contribution in [0.4, 0.5) is 0 Å². The molecular formula is C12H11BrO3. The minimum Gasteiger partial charge on any atom is -0.493 e. The second-order valence-corrected chi connectivity index (χ2v) is 4.14. The smallest absolute Gasteiger partial charge is 0.336 e. The molecule has 0 amide bonds. The average Bonchev–Trinajstić information content (AvgIpc) is 2.29. The van der Waals surface area contributed by atoms with Crippen LogP contribution in [0.25, 0.3) is 11.0 Å². The lowest BCUT2D eigenvalue weighted by atomic mass is 10.2. The Bertz CT molecular complexity index is 533. The molecule has 0 unspecified atom stereocenters. The fourth-order valence-electron chi connectivity index (χ4n) is 1.38. The quantitative estimate of drug-likeness (QED) is 0.492. The van der Waals surface area contributed by atoms with E-state index in [-0.39, 0.29) is 5.63 Å². The van der Waals surface area contributed by atoms with Crippen molar-refractivity contribution in [3.8, 4) is 5.75 Å². The number of halogens is 1. The van der Waals surface area contributed by atoms with Crippen LogP contribution in [0.3, 0.4) is 0 Å². The third-order valence-corrected chi connectivity index (χ3v) is 2.70. The Morgan fingerprint density at radius 2 is 2.06 bits per heavy atom. The molecule has 0 aliphatic rings. The van der Waals surface area contributed by atoms with Crippen LogP contribution in [0, 0.1) is 0 Å². The molecule has 16 heavy (non-hydrogen) atoms. The van der Waals surface area contributed by atoms with Crippen LogP contribution < -0.4 is 10.4 Å². The molecule has 84 valence electrons. The highest BCUT2D eigenvalue weighted by molar-refractivity contribution is 9.09. The molecule has 4 heteroatoms. The third-order valence-electron chi connectivity index (χ3n) is 2.14. The standard InChI is InChI=1S/C12H11BrO3/c13-6-1-7-15-10-4-2-9-3-5-12(14)16-11(9)8-10/h2-5,8H,1,6-7H2. The first-order chi connectivity index (χ1) is 7.79. The largest absolute Gasteiger partial charge is 0.493 e. The maximum atomic E-state index is 11.0. The number of fused-ring (bicyclic) bond motifs is 1. The first-order valence-corrected chi connectivity index (χ1v) is 6.14. The molecule has 0 aliphatic heterocycles. The zero-order valence-electron chi connectivity index (χ0n) is 8.61. The van der Waals surface area contributed by atoms with Gasteiger partial charge in [0, 0.05) is 22.8 Å². The van der Waals surface area contributed by atoms with E-state index in [4.69, 9.17) is 9.15 Å². The summed E-state index contributed by atoms with van der Waals surface area (Å²) < 4.78 is 10.6. The van der Waals surface area contributed by atoms with Crippen molar-refractivity contribution in [1.82, 2.24) is 0 Å². The van der Waals surface area contributed by atoms with Crippen molar-refractivity contribution < 1.29 is 9.15 Å². The Labute approximate surface area is 101 Å². The topological polar surface area (TPSA) is 39.4 Å². The van der Waals surface area contributed by atoms with E-state index in [1.165, 1.54) is 6.07 Å². The molecule has 2 aromatic rings. The van der Waals surface area contributed by atoms with Crippen molar-refractivity contribution in [1.29, 1.82) is 0 Å². The van der Waals surface area contributed by atoms with Gasteiger partial charge in [0.25, 0.3) is 0 Å². The maximum Gasteiger partial charge on any atom is 0.336 e. The Hall–Kier alpha value is -1.29. The summed E-state index contributed by atoms with van der Waals surface area (Å²) in [6.07, 6.45) is 0.941. The number of benzene rings is 1. The molecule has 1 aromatic heterocycles. The van der Waals surface area contributed by atoms with Gasteiger partial charge in [-0.25, -0.2) is 4.79 Å². The van der Waals surface area contributed by atoms with Gasteiger partial charge in [-0.3, -0.25) is 0 Å². The van der Waals surface area contributed by atoms with Gasteiger partial charge in [0.1, 0.15) is 11.3 Å². The van der Waals surface area contributed by atoms with Gasteiger partial charge in [0.2, 0.25) is 0 Å². The highest BCUT2D eigenvalue weighted by Gasteiger charge is 1.99. The summed E-state index contributed by atoms with van der Waals surface area (Å²) >= 11 is 3.33. The van der Waals surface area contributed by atoms with E-state index in [2.05, 4.69) is 15.9 Å². The molecule has 2 rings (SSSR count). The first-order valence-electron chi connectivity index (χ1n) is 5.02. The van der Waals surface area contributed by atoms with Gasteiger partial charge in [-0.15, -0.1) is 0 Å². The molecule has 0 N–H and O–H groups in total. The van der Waals surface area contributed by atoms with E-state index in [9.17, 15) is 4.79 Å². The molecule has 0 bridgehead atoms. The second kappa shape index (κ2) is 5.16. The molecule has 0 spiro atoms. The predicted octanol–water partition coefficient (Wildman–Crippen LogP) is 2.96. The highest BCUT2D eigenvalue weighted by atomic mass is 79.9. The number of hydrogen-bond donors (Lipinski definition) is 0. The lowest BCUT2D eigenvalue weighted by Crippen LogP contribution is -1.98. The normalized spacial score (nSPS) is 10.6. The molecule has 0 saturated heterocycles. The summed E-state index contributed by atoms with van der Waals surface area (Å²) in [5.41, 5.74) is 0.217. The minimum atomic E-state index is -0.342. The fourth-order valence-corrected chi connectivity index (χ4v) is 1.60. The van der Waals surface area contributed by atoms with Crippen LogP contribution in [-0.4, -0.2) is 11.9 Å². The van der Waals surface area contributed by atoms with Crippen LogP contribution in [0.2, 0.25) is 0 Å². The Morgan fingerprint density at radius 3 is 2.88 bits per heavy atom. The van der Waals surface area contributed by atoms with Gasteiger partial charge in [0.05, 0.1) is 6.61 Å². The van der Waals surface area contributed by atoms with Crippen molar-refractivity contribution >= 4 is 26.9 Å². The van der Waals surface area contributed by atoms with Gasteiger partial charge >= 0.3 is 5.63 Å². The molecule has 0 fully saturated rings. The fraction of sp³-hybridized carbons (Fsp3) is 0.250. The third kappa shape index (κ3) is 2.64. The summed E-state index contributed by atoms with van der Waals surface area (Å²) in [5, 5.41) is 1.81. The number of hydrogen-bond acceptors (Lipinski definition) is 3. The van der Waals surface area contributed by atoms with Gasteiger partial charge in [-0.1, -0.05) is 15.9 Å². The van der Waals surface area contributed by atoms with E-state index in [0.29, 0.717) is 12.2 Å². The van der Waals surface area contributed by atoms with Gasteiger partial charge < -0.3 is 9.15 Å². The Balaban J connectivity index is 2.25. The summed E-state index contributed by atoms with van der Waals surface area (Å²) in [6, 6.07) is 8.64. The zero-order chi connectivity index (χ0) is 11.4. The average molecular weight is 283 g/mol. The molecule has 1 aromatic carbocycles. The summed E-state index contributed by atoms with van der Waals surface area (Å²) in [6.45, 7) is 0.647. The van der Waals surface area contributed by atoms with E-state index in [1.54, 1.807) is 12.1 Å². The van der Waals surface area contributed by atoms with Crippen LogP contribution in [-0.2, 0) is 0 Å². The Kier molecular flexibility index (Phi) is 3.62. The molecular weight excluding hydrogens is 272 g/mol. The minimum absolute atomic E-state index is 0.342. The van der Waals surface area contributed by atoms with Gasteiger partial charge in [-0.05, 0) is 24.6 Å². The van der Waals surface area contributed by atoms with Crippen molar-refractivity contribution in [2.24, 2.45) is 0 Å². The van der Waals surface area contributed by atoms with Crippen molar-refractivity contribution in [2.45, 2.75) is 6.42 Å². The van der Waals surface area contributed by atoms with Crippen molar-refractivity contribution in [3.63, 3.8) is 0 Å². The van der Waals surface area contributed by atoms with E-state index >= 15 is 0 Å². The van der Waals surface area contributed by atoms with E-state index in [0.717, 1.165) is 22.9 Å². The van der Waals surface area contributed by atoms with Crippen LogP contribution in [0.1, 0.15) is 6.42 Å². The van der Waals surface area contributed by atoms with Crippen molar-refractivity contribution in [2.75, 3.05) is 11.9 Å². The van der Waals surface area contributed by atoms with E-state index in [1.807, 2.05) is 12.1 Å². The monoisotopic (exact) mass is 282 g/mol. The Morgan fingerprint density at radius 1 is 1.25 bits per heavy atom. The molecule has 0 radical (unpaired) electrons. The maximum absolute atomic E-state index is 11.0. The van der Waals surface area contributed by atoms with Gasteiger partial charge in [-0.2, -0.15) is 0 Å². The summed E-state index contributed by atoms with van der Waals surface area (Å²) in [4.78, 5) is 11.0. The number of rotatable bonds is 4. The van der Waals surface area contributed by atoms with E-state index < -0.39 is 0 Å². The second-order valence-electron chi connectivity index (χ2n) is 3.35. The molecule has 1 heterocycles. The van der Waals surface area contributed by atoms with Crippen LogP contribution >= 0.6 is 15.9 Å². The van der Waals surface area contributed by atoms with Gasteiger partial charge in [0.15, 0.2) is 0 Å². The van der Waals surface area contributed by atoms with Crippen LogP contribution in [0.15, 0.2) is 39.5 Å².